The van der Waals surface area contributed by atoms with Crippen LogP contribution in [0.4, 0.5) is 0 Å². The Morgan fingerprint density at radius 3 is 2.36 bits per heavy atom. The van der Waals surface area contributed by atoms with E-state index in [1.54, 1.807) is 26.8 Å². The van der Waals surface area contributed by atoms with Gasteiger partial charge in [0.1, 0.15) is 0 Å². The first-order chi connectivity index (χ1) is 15.1. The molecule has 0 aromatic rings. The molecule has 0 amide bonds. The average molecular weight is 465 g/mol. The van der Waals surface area contributed by atoms with Gasteiger partial charge in [-0.2, -0.15) is 0 Å². The fourth-order valence-electron chi connectivity index (χ4n) is 8.27. The Morgan fingerprint density at radius 1 is 1.06 bits per heavy atom. The number of carbonyl (C=O) groups is 1. The second-order valence-electron chi connectivity index (χ2n) is 13.0. The van der Waals surface area contributed by atoms with Crippen molar-refractivity contribution in [1.29, 1.82) is 0 Å². The molecule has 0 bridgehead atoms. The molecule has 3 fully saturated rings. The molecule has 0 radical (unpaired) electrons. The van der Waals surface area contributed by atoms with Crippen LogP contribution in [0.15, 0.2) is 11.6 Å². The van der Waals surface area contributed by atoms with Crippen LogP contribution < -0.4 is 0 Å². The first kappa shape index (κ1) is 25.3. The number of carbonyl (C=O) groups excluding carboxylic acids is 1. The van der Waals surface area contributed by atoms with Gasteiger partial charge in [0.05, 0.1) is 29.0 Å². The molecule has 0 aromatic heterocycles. The molecule has 9 atom stereocenters. The Labute approximate surface area is 198 Å². The minimum atomic E-state index is -1.42. The van der Waals surface area contributed by atoms with E-state index in [1.165, 1.54) is 0 Å². The average Bonchev–Trinajstić information content (AvgIpc) is 2.99. The van der Waals surface area contributed by atoms with Crippen LogP contribution in [0.25, 0.3) is 0 Å². The SMILES string of the molecule is CC(C)(O)CC[C@@H](O)[C@](C)(O)[C@@H]1CC[C@@]2(O)C3=CC(=O)[C@@H]4C[C@@H](O)CC[C@]4(C)[C@@H]3CC[C@]12C. The van der Waals surface area contributed by atoms with Gasteiger partial charge in [0.2, 0.25) is 0 Å². The van der Waals surface area contributed by atoms with Crippen LogP contribution in [0.2, 0.25) is 0 Å². The van der Waals surface area contributed by atoms with Crippen LogP contribution in [-0.2, 0) is 4.79 Å². The zero-order chi connectivity index (χ0) is 24.6. The summed E-state index contributed by atoms with van der Waals surface area (Å²) in [5, 5.41) is 55.0. The summed E-state index contributed by atoms with van der Waals surface area (Å²) in [7, 11) is 0. The monoisotopic (exact) mass is 464 g/mol. The Morgan fingerprint density at radius 2 is 1.73 bits per heavy atom. The van der Waals surface area contributed by atoms with Crippen molar-refractivity contribution in [3.05, 3.63) is 11.6 Å². The van der Waals surface area contributed by atoms with Crippen molar-refractivity contribution in [1.82, 2.24) is 0 Å². The number of allylic oxidation sites excluding steroid dienone is 1. The molecule has 5 N–H and O–H groups in total. The van der Waals surface area contributed by atoms with Gasteiger partial charge in [0, 0.05) is 11.3 Å². The van der Waals surface area contributed by atoms with E-state index in [-0.39, 0.29) is 35.4 Å². The third-order valence-corrected chi connectivity index (χ3v) is 10.5. The second kappa shape index (κ2) is 7.86. The van der Waals surface area contributed by atoms with Crippen molar-refractivity contribution in [2.24, 2.45) is 28.6 Å². The van der Waals surface area contributed by atoms with E-state index in [0.717, 1.165) is 18.4 Å². The Hall–Kier alpha value is -0.790. The lowest BCUT2D eigenvalue weighted by Crippen LogP contribution is -2.62. The summed E-state index contributed by atoms with van der Waals surface area (Å²) in [5.74, 6) is -0.426. The van der Waals surface area contributed by atoms with Crippen LogP contribution in [0.5, 0.6) is 0 Å². The van der Waals surface area contributed by atoms with Crippen molar-refractivity contribution in [2.45, 2.75) is 121 Å². The van der Waals surface area contributed by atoms with E-state index in [1.807, 2.05) is 6.92 Å². The predicted octanol–water partition coefficient (Wildman–Crippen LogP) is 2.88. The number of aliphatic hydroxyl groups is 5. The summed E-state index contributed by atoms with van der Waals surface area (Å²) in [5.41, 5.74) is -3.64. The van der Waals surface area contributed by atoms with Crippen LogP contribution in [0, 0.1) is 28.6 Å². The molecule has 4 aliphatic rings. The molecule has 0 saturated heterocycles. The molecule has 0 heterocycles. The Balaban J connectivity index is 1.65. The van der Waals surface area contributed by atoms with Crippen molar-refractivity contribution < 1.29 is 30.3 Å². The normalized spacial score (nSPS) is 46.0. The maximum absolute atomic E-state index is 13.2. The summed E-state index contributed by atoms with van der Waals surface area (Å²) in [6, 6.07) is 0. The molecular formula is C27H44O6. The lowest BCUT2D eigenvalue weighted by atomic mass is 9.46. The predicted molar refractivity (Wildman–Crippen MR) is 125 cm³/mol. The van der Waals surface area contributed by atoms with Crippen LogP contribution in [-0.4, -0.2) is 60.3 Å². The number of ketones is 1. The van der Waals surface area contributed by atoms with Gasteiger partial charge >= 0.3 is 0 Å². The number of fused-ring (bicyclic) bond motifs is 5. The van der Waals surface area contributed by atoms with E-state index in [0.29, 0.717) is 38.5 Å². The molecule has 6 nitrogen and oxygen atoms in total. The van der Waals surface area contributed by atoms with Gasteiger partial charge in [0.25, 0.3) is 0 Å². The third-order valence-electron chi connectivity index (χ3n) is 10.5. The quantitative estimate of drug-likeness (QED) is 0.427. The lowest BCUT2D eigenvalue weighted by molar-refractivity contribution is -0.172. The van der Waals surface area contributed by atoms with Gasteiger partial charge in [-0.15, -0.1) is 0 Å². The minimum absolute atomic E-state index is 0.0144. The molecule has 6 heteroatoms. The number of hydrogen-bond acceptors (Lipinski definition) is 6. The van der Waals surface area contributed by atoms with Gasteiger partial charge in [-0.3, -0.25) is 4.79 Å². The van der Waals surface area contributed by atoms with Crippen molar-refractivity contribution in [3.63, 3.8) is 0 Å². The third kappa shape index (κ3) is 3.76. The lowest BCUT2D eigenvalue weighted by Gasteiger charge is -2.60. The Bertz CT molecular complexity index is 827. The zero-order valence-electron chi connectivity index (χ0n) is 21.0. The highest BCUT2D eigenvalue weighted by Gasteiger charge is 2.68. The molecule has 0 aromatic carbocycles. The first-order valence-corrected chi connectivity index (χ1v) is 12.9. The zero-order valence-corrected chi connectivity index (χ0v) is 21.0. The van der Waals surface area contributed by atoms with E-state index in [4.69, 9.17) is 0 Å². The largest absolute Gasteiger partial charge is 0.393 e. The van der Waals surface area contributed by atoms with E-state index < -0.39 is 34.4 Å². The van der Waals surface area contributed by atoms with Gasteiger partial charge in [-0.05, 0) is 107 Å². The highest BCUT2D eigenvalue weighted by Crippen LogP contribution is 2.68. The van der Waals surface area contributed by atoms with E-state index in [2.05, 4.69) is 6.92 Å². The standard InChI is InChI=1S/C27H44O6/c1-23(2,31)10-9-22(30)26(5,32)21-8-13-27(33)18-15-20(29)19-14-16(28)6-11-24(19,3)17(18)7-12-25(21,27)4/h15-17,19,21-22,28,30-33H,6-14H2,1-5H3/t16-,17+,19-,21+,22+,24+,25+,26+,27+/m0/s1. The highest BCUT2D eigenvalue weighted by molar-refractivity contribution is 5.95. The molecule has 188 valence electrons. The Kier molecular flexibility index (Phi) is 6.03. The second-order valence-corrected chi connectivity index (χ2v) is 13.0. The van der Waals surface area contributed by atoms with Crippen molar-refractivity contribution in [2.75, 3.05) is 0 Å². The van der Waals surface area contributed by atoms with Gasteiger partial charge in [0.15, 0.2) is 5.78 Å². The maximum Gasteiger partial charge on any atom is 0.159 e. The first-order valence-electron chi connectivity index (χ1n) is 12.9. The summed E-state index contributed by atoms with van der Waals surface area (Å²) in [6.07, 6.45) is 5.38. The number of hydrogen-bond donors (Lipinski definition) is 5. The molecular weight excluding hydrogens is 420 g/mol. The molecule has 4 aliphatic carbocycles. The molecule has 0 spiro atoms. The topological polar surface area (TPSA) is 118 Å². The molecule has 0 unspecified atom stereocenters. The molecule has 4 rings (SSSR count). The molecule has 33 heavy (non-hydrogen) atoms. The van der Waals surface area contributed by atoms with Crippen LogP contribution in [0.1, 0.15) is 92.4 Å². The smallest absolute Gasteiger partial charge is 0.159 e. The fraction of sp³-hybridized carbons (Fsp3) is 0.889. The van der Waals surface area contributed by atoms with E-state index >= 15 is 0 Å². The number of rotatable bonds is 5. The minimum Gasteiger partial charge on any atom is -0.393 e. The van der Waals surface area contributed by atoms with Gasteiger partial charge < -0.3 is 25.5 Å². The van der Waals surface area contributed by atoms with Crippen molar-refractivity contribution >= 4 is 5.78 Å². The van der Waals surface area contributed by atoms with Crippen LogP contribution >= 0.6 is 0 Å². The van der Waals surface area contributed by atoms with E-state index in [9.17, 15) is 30.3 Å². The highest BCUT2D eigenvalue weighted by atomic mass is 16.3. The molecule has 3 saturated carbocycles. The summed E-state index contributed by atoms with van der Waals surface area (Å²) in [4.78, 5) is 13.2. The van der Waals surface area contributed by atoms with Gasteiger partial charge in [-0.1, -0.05) is 13.8 Å². The maximum atomic E-state index is 13.2. The number of aliphatic hydroxyl groups excluding tert-OH is 2. The summed E-state index contributed by atoms with van der Waals surface area (Å²) >= 11 is 0. The fourth-order valence-corrected chi connectivity index (χ4v) is 8.27. The summed E-state index contributed by atoms with van der Waals surface area (Å²) in [6.45, 7) is 9.22. The van der Waals surface area contributed by atoms with Crippen molar-refractivity contribution in [3.8, 4) is 0 Å². The van der Waals surface area contributed by atoms with Gasteiger partial charge in [-0.25, -0.2) is 0 Å². The summed E-state index contributed by atoms with van der Waals surface area (Å²) < 4.78 is 0. The van der Waals surface area contributed by atoms with Crippen LogP contribution in [0.3, 0.4) is 0 Å². The molecule has 0 aliphatic heterocycles.